The third-order valence-corrected chi connectivity index (χ3v) is 5.78. The number of imidazole rings is 1. The maximum Gasteiger partial charge on any atom is 0.266 e. The summed E-state index contributed by atoms with van der Waals surface area (Å²) in [6, 6.07) is 11.5. The van der Waals surface area contributed by atoms with Crippen molar-refractivity contribution in [2.75, 3.05) is 18.1 Å². The van der Waals surface area contributed by atoms with E-state index < -0.39 is 5.82 Å². The van der Waals surface area contributed by atoms with Crippen LogP contribution in [0.2, 0.25) is 5.02 Å². The number of carbonyl (C=O) groups is 1. The van der Waals surface area contributed by atoms with E-state index in [4.69, 9.17) is 16.3 Å². The van der Waals surface area contributed by atoms with Crippen molar-refractivity contribution in [1.82, 2.24) is 14.5 Å². The molecule has 0 atom stereocenters. The zero-order valence-electron chi connectivity index (χ0n) is 16.3. The van der Waals surface area contributed by atoms with Crippen LogP contribution in [0.15, 0.2) is 61.2 Å². The molecule has 0 aliphatic carbocycles. The normalized spacial score (nSPS) is 10.6. The third-order valence-electron chi connectivity index (χ3n) is 4.44. The molecule has 0 saturated carbocycles. The lowest BCUT2D eigenvalue weighted by atomic mass is 10.3. The van der Waals surface area contributed by atoms with Crippen LogP contribution in [-0.4, -0.2) is 33.6 Å². The number of benzene rings is 2. The fraction of sp³-hybridized carbons (Fsp3) is 0.190. The second-order valence-corrected chi connectivity index (χ2v) is 7.92. The summed E-state index contributed by atoms with van der Waals surface area (Å²) in [5, 5.41) is 1.06. The zero-order chi connectivity index (χ0) is 20.9. The van der Waals surface area contributed by atoms with Gasteiger partial charge in [0.05, 0.1) is 16.0 Å². The van der Waals surface area contributed by atoms with Gasteiger partial charge in [0, 0.05) is 25.5 Å². The fourth-order valence-corrected chi connectivity index (χ4v) is 4.26. The van der Waals surface area contributed by atoms with Gasteiger partial charge in [-0.15, -0.1) is 12.4 Å². The smallest absolute Gasteiger partial charge is 0.266 e. The number of aromatic nitrogens is 3. The van der Waals surface area contributed by atoms with E-state index in [0.29, 0.717) is 35.2 Å². The number of rotatable bonds is 8. The van der Waals surface area contributed by atoms with Crippen molar-refractivity contribution >= 4 is 56.6 Å². The molecule has 4 rings (SSSR count). The van der Waals surface area contributed by atoms with Gasteiger partial charge in [-0.25, -0.2) is 14.4 Å². The van der Waals surface area contributed by atoms with E-state index in [9.17, 15) is 9.18 Å². The molecule has 0 unspecified atom stereocenters. The van der Waals surface area contributed by atoms with Crippen LogP contribution in [0.4, 0.5) is 9.52 Å². The highest BCUT2D eigenvalue weighted by molar-refractivity contribution is 7.22. The Balaban J connectivity index is 0.00000272. The number of halogens is 3. The van der Waals surface area contributed by atoms with Gasteiger partial charge >= 0.3 is 0 Å². The van der Waals surface area contributed by atoms with Crippen molar-refractivity contribution in [1.29, 1.82) is 0 Å². The van der Waals surface area contributed by atoms with Crippen molar-refractivity contribution < 1.29 is 13.9 Å². The fourth-order valence-electron chi connectivity index (χ4n) is 2.96. The van der Waals surface area contributed by atoms with Crippen molar-refractivity contribution in [3.8, 4) is 5.75 Å². The second-order valence-electron chi connectivity index (χ2n) is 6.50. The number of amides is 1. The molecule has 0 spiro atoms. The minimum atomic E-state index is -0.510. The SMILES string of the molecule is Cl.O=C(COc1ccccc1F)N(CCCn1ccnc1)c1nc2c(Cl)cccc2s1. The maximum absolute atomic E-state index is 13.8. The van der Waals surface area contributed by atoms with E-state index in [1.807, 2.05) is 22.9 Å². The number of carbonyl (C=O) groups excluding carboxylic acids is 1. The van der Waals surface area contributed by atoms with Crippen LogP contribution in [-0.2, 0) is 11.3 Å². The monoisotopic (exact) mass is 480 g/mol. The number of hydrogen-bond acceptors (Lipinski definition) is 5. The number of nitrogens with zero attached hydrogens (tertiary/aromatic N) is 4. The number of ether oxygens (including phenoxy) is 1. The molecule has 31 heavy (non-hydrogen) atoms. The molecule has 0 saturated heterocycles. The molecule has 0 bridgehead atoms. The molecule has 2 heterocycles. The quantitative estimate of drug-likeness (QED) is 0.347. The van der Waals surface area contributed by atoms with Gasteiger partial charge in [0.2, 0.25) is 0 Å². The van der Waals surface area contributed by atoms with E-state index in [2.05, 4.69) is 9.97 Å². The highest BCUT2D eigenvalue weighted by Crippen LogP contribution is 2.33. The molecule has 0 N–H and O–H groups in total. The van der Waals surface area contributed by atoms with Gasteiger partial charge in [0.15, 0.2) is 23.3 Å². The lowest BCUT2D eigenvalue weighted by molar-refractivity contribution is -0.120. The first-order valence-electron chi connectivity index (χ1n) is 9.30. The molecule has 0 aliphatic heterocycles. The van der Waals surface area contributed by atoms with Gasteiger partial charge in [-0.2, -0.15) is 0 Å². The zero-order valence-corrected chi connectivity index (χ0v) is 18.7. The van der Waals surface area contributed by atoms with Gasteiger partial charge in [0.1, 0.15) is 5.52 Å². The number of thiazole rings is 1. The molecule has 0 radical (unpaired) electrons. The van der Waals surface area contributed by atoms with Crippen LogP contribution in [0.25, 0.3) is 10.2 Å². The van der Waals surface area contributed by atoms with E-state index >= 15 is 0 Å². The van der Waals surface area contributed by atoms with E-state index in [-0.39, 0.29) is 30.7 Å². The largest absolute Gasteiger partial charge is 0.481 e. The summed E-state index contributed by atoms with van der Waals surface area (Å²) in [5.41, 5.74) is 0.654. The van der Waals surface area contributed by atoms with Gasteiger partial charge < -0.3 is 9.30 Å². The maximum atomic E-state index is 13.8. The summed E-state index contributed by atoms with van der Waals surface area (Å²) in [6.45, 7) is 0.828. The Morgan fingerprint density at radius 1 is 1.23 bits per heavy atom. The Hall–Kier alpha value is -2.68. The van der Waals surface area contributed by atoms with Gasteiger partial charge in [0.25, 0.3) is 5.91 Å². The lowest BCUT2D eigenvalue weighted by Crippen LogP contribution is -2.36. The number of fused-ring (bicyclic) bond motifs is 1. The minimum absolute atomic E-state index is 0. The van der Waals surface area contributed by atoms with Crippen LogP contribution < -0.4 is 9.64 Å². The molecule has 10 heteroatoms. The average Bonchev–Trinajstić information content (AvgIpc) is 3.41. The first-order valence-corrected chi connectivity index (χ1v) is 10.5. The van der Waals surface area contributed by atoms with Crippen LogP contribution in [0.3, 0.4) is 0 Å². The molecule has 6 nitrogen and oxygen atoms in total. The predicted molar refractivity (Wildman–Crippen MR) is 123 cm³/mol. The summed E-state index contributed by atoms with van der Waals surface area (Å²) < 4.78 is 22.1. The second kappa shape index (κ2) is 10.6. The topological polar surface area (TPSA) is 60.2 Å². The van der Waals surface area contributed by atoms with Crippen LogP contribution >= 0.6 is 35.3 Å². The van der Waals surface area contributed by atoms with Crippen LogP contribution in [0, 0.1) is 5.82 Å². The van der Waals surface area contributed by atoms with Gasteiger partial charge in [-0.1, -0.05) is 41.1 Å². The molecular formula is C21H19Cl2FN4O2S. The predicted octanol–water partition coefficient (Wildman–Crippen LogP) is 5.21. The number of para-hydroxylation sites is 2. The molecule has 2 aromatic carbocycles. The van der Waals surface area contributed by atoms with Crippen LogP contribution in [0.5, 0.6) is 5.75 Å². The molecule has 4 aromatic rings. The Morgan fingerprint density at radius 2 is 2.06 bits per heavy atom. The van der Waals surface area contributed by atoms with Crippen molar-refractivity contribution in [2.45, 2.75) is 13.0 Å². The highest BCUT2D eigenvalue weighted by atomic mass is 35.5. The summed E-state index contributed by atoms with van der Waals surface area (Å²) in [6.07, 6.45) is 5.99. The first kappa shape index (κ1) is 23.0. The number of aryl methyl sites for hydroxylation is 1. The first-order chi connectivity index (χ1) is 14.6. The summed E-state index contributed by atoms with van der Waals surface area (Å²) >= 11 is 7.63. The van der Waals surface area contributed by atoms with Crippen molar-refractivity contribution in [3.05, 3.63) is 72.0 Å². The molecule has 1 amide bonds. The molecule has 0 aliphatic rings. The summed E-state index contributed by atoms with van der Waals surface area (Å²) in [5.74, 6) is -0.778. The standard InChI is InChI=1S/C21H18ClFN4O2S.ClH/c22-15-5-3-8-18-20(15)25-21(30-18)27(11-4-10-26-12-9-24-14-26)19(28)13-29-17-7-2-1-6-16(17)23;/h1-3,5-9,12,14H,4,10-11,13H2;1H. The lowest BCUT2D eigenvalue weighted by Gasteiger charge is -2.20. The summed E-state index contributed by atoms with van der Waals surface area (Å²) in [7, 11) is 0. The number of anilines is 1. The van der Waals surface area contributed by atoms with E-state index in [1.165, 1.54) is 23.5 Å². The average molecular weight is 481 g/mol. The highest BCUT2D eigenvalue weighted by Gasteiger charge is 2.21. The van der Waals surface area contributed by atoms with Crippen molar-refractivity contribution in [3.63, 3.8) is 0 Å². The molecule has 162 valence electrons. The summed E-state index contributed by atoms with van der Waals surface area (Å²) in [4.78, 5) is 23.1. The minimum Gasteiger partial charge on any atom is -0.481 e. The third kappa shape index (κ3) is 5.52. The molecule has 0 fully saturated rings. The molecular weight excluding hydrogens is 462 g/mol. The van der Waals surface area contributed by atoms with Crippen LogP contribution in [0.1, 0.15) is 6.42 Å². The van der Waals surface area contributed by atoms with E-state index in [1.54, 1.807) is 35.6 Å². The van der Waals surface area contributed by atoms with Gasteiger partial charge in [-0.3, -0.25) is 9.69 Å². The van der Waals surface area contributed by atoms with Gasteiger partial charge in [-0.05, 0) is 30.7 Å². The Labute approximate surface area is 193 Å². The Kier molecular flexibility index (Phi) is 7.84. The number of hydrogen-bond donors (Lipinski definition) is 0. The molecule has 2 aromatic heterocycles. The van der Waals surface area contributed by atoms with E-state index in [0.717, 1.165) is 4.70 Å². The Morgan fingerprint density at radius 3 is 2.81 bits per heavy atom. The van der Waals surface area contributed by atoms with Crippen molar-refractivity contribution in [2.24, 2.45) is 0 Å². The Bertz CT molecular complexity index is 1150.